The van der Waals surface area contributed by atoms with Crippen LogP contribution in [0.3, 0.4) is 0 Å². The summed E-state index contributed by atoms with van der Waals surface area (Å²) in [5.41, 5.74) is 0.875. The van der Waals surface area contributed by atoms with Gasteiger partial charge in [-0.15, -0.1) is 5.10 Å². The van der Waals surface area contributed by atoms with Gasteiger partial charge in [0.1, 0.15) is 5.25 Å². The number of hydrogen-bond acceptors (Lipinski definition) is 7. The Morgan fingerprint density at radius 2 is 2.08 bits per heavy atom. The van der Waals surface area contributed by atoms with Gasteiger partial charge in [0.2, 0.25) is 11.8 Å². The summed E-state index contributed by atoms with van der Waals surface area (Å²) in [6, 6.07) is 9.36. The van der Waals surface area contributed by atoms with E-state index in [0.717, 1.165) is 17.3 Å². The molecule has 0 radical (unpaired) electrons. The van der Waals surface area contributed by atoms with E-state index in [0.29, 0.717) is 5.17 Å². The van der Waals surface area contributed by atoms with Gasteiger partial charge < -0.3 is 20.5 Å². The van der Waals surface area contributed by atoms with E-state index >= 15 is 0 Å². The summed E-state index contributed by atoms with van der Waals surface area (Å²) in [6.07, 6.45) is 1.22. The van der Waals surface area contributed by atoms with Crippen LogP contribution < -0.4 is 15.7 Å². The molecule has 2 N–H and O–H groups in total. The number of carbonyl (C=O) groups excluding carboxylic acids is 3. The highest BCUT2D eigenvalue weighted by Crippen LogP contribution is 2.22. The Morgan fingerprint density at radius 1 is 1.33 bits per heavy atom. The number of nitrogens with zero attached hydrogens (tertiary/aromatic N) is 2. The molecule has 1 aromatic rings. The summed E-state index contributed by atoms with van der Waals surface area (Å²) in [7, 11) is 0. The lowest BCUT2D eigenvalue weighted by atomic mass is 10.2. The minimum atomic E-state index is -1.24. The summed E-state index contributed by atoms with van der Waals surface area (Å²) in [4.78, 5) is 33.7. The van der Waals surface area contributed by atoms with Gasteiger partial charge in [0, 0.05) is 25.4 Å². The zero-order valence-corrected chi connectivity index (χ0v) is 13.4. The quantitative estimate of drug-likeness (QED) is 0.496. The third kappa shape index (κ3) is 5.84. The number of thioether (sulfide) groups is 1. The summed E-state index contributed by atoms with van der Waals surface area (Å²) in [5.74, 6) is -1.98. The number of nitrogens with one attached hydrogen (secondary N) is 2. The van der Waals surface area contributed by atoms with Crippen LogP contribution in [-0.4, -0.2) is 41.0 Å². The van der Waals surface area contributed by atoms with Gasteiger partial charge in [0.25, 0.3) is 0 Å². The van der Waals surface area contributed by atoms with E-state index in [1.165, 1.54) is 0 Å². The van der Waals surface area contributed by atoms with Gasteiger partial charge in [-0.1, -0.05) is 42.1 Å². The van der Waals surface area contributed by atoms with Crippen LogP contribution in [0.2, 0.25) is 0 Å². The van der Waals surface area contributed by atoms with Gasteiger partial charge in [-0.3, -0.25) is 9.59 Å². The maximum absolute atomic E-state index is 11.8. The molecule has 1 heterocycles. The van der Waals surface area contributed by atoms with E-state index in [2.05, 4.69) is 20.8 Å². The maximum atomic E-state index is 11.8. The topological polar surface area (TPSA) is 123 Å². The number of carbonyl (C=O) groups is 3. The van der Waals surface area contributed by atoms with Crippen LogP contribution >= 0.6 is 11.8 Å². The van der Waals surface area contributed by atoms with E-state index in [4.69, 9.17) is 0 Å². The largest absolute Gasteiger partial charge is 0.550 e. The molecule has 24 heavy (non-hydrogen) atoms. The van der Waals surface area contributed by atoms with Crippen molar-refractivity contribution in [3.8, 4) is 0 Å². The van der Waals surface area contributed by atoms with Gasteiger partial charge >= 0.3 is 0 Å². The second kappa shape index (κ2) is 8.82. The molecule has 8 nitrogen and oxygen atoms in total. The molecule has 0 spiro atoms. The highest BCUT2D eigenvalue weighted by atomic mass is 32.2. The second-order valence-corrected chi connectivity index (χ2v) is 6.02. The molecule has 126 valence electrons. The highest BCUT2D eigenvalue weighted by molar-refractivity contribution is 8.15. The lowest BCUT2D eigenvalue weighted by molar-refractivity contribution is -0.305. The van der Waals surface area contributed by atoms with Gasteiger partial charge in [0.05, 0.1) is 6.21 Å². The zero-order valence-electron chi connectivity index (χ0n) is 12.6. The fourth-order valence-corrected chi connectivity index (χ4v) is 2.74. The van der Waals surface area contributed by atoms with Crippen LogP contribution in [-0.2, 0) is 14.4 Å². The normalized spacial score (nSPS) is 18.8. The molecule has 2 rings (SSSR count). The van der Waals surface area contributed by atoms with Crippen LogP contribution in [0.25, 0.3) is 0 Å². The molecule has 0 unspecified atom stereocenters. The van der Waals surface area contributed by atoms with E-state index in [1.54, 1.807) is 6.21 Å². The minimum Gasteiger partial charge on any atom is -0.550 e. The number of amidine groups is 1. The van der Waals surface area contributed by atoms with Crippen molar-refractivity contribution in [3.05, 3.63) is 35.9 Å². The lowest BCUT2D eigenvalue weighted by Crippen LogP contribution is -2.34. The van der Waals surface area contributed by atoms with Crippen molar-refractivity contribution in [1.29, 1.82) is 0 Å². The molecule has 1 fully saturated rings. The molecule has 0 aromatic heterocycles. The van der Waals surface area contributed by atoms with Gasteiger partial charge in [-0.05, 0) is 5.56 Å². The molecular weight excluding hydrogens is 332 g/mol. The Hall–Kier alpha value is -2.68. The Morgan fingerprint density at radius 3 is 2.79 bits per heavy atom. The predicted molar refractivity (Wildman–Crippen MR) is 88.2 cm³/mol. The molecule has 1 aliphatic heterocycles. The fraction of sp³-hybridized carbons (Fsp3) is 0.267. The number of rotatable bonds is 7. The van der Waals surface area contributed by atoms with E-state index < -0.39 is 17.1 Å². The third-order valence-corrected chi connectivity index (χ3v) is 4.03. The first-order valence-electron chi connectivity index (χ1n) is 7.15. The van der Waals surface area contributed by atoms with Crippen molar-refractivity contribution in [2.45, 2.75) is 18.1 Å². The number of aliphatic carboxylic acids is 1. The zero-order chi connectivity index (χ0) is 17.4. The monoisotopic (exact) mass is 347 g/mol. The molecule has 1 aromatic carbocycles. The summed E-state index contributed by atoms with van der Waals surface area (Å²) in [6.45, 7) is -0.0253. The molecule has 2 amide bonds. The first kappa shape index (κ1) is 17.7. The van der Waals surface area contributed by atoms with E-state index in [1.807, 2.05) is 30.3 Å². The Balaban J connectivity index is 1.82. The molecule has 1 saturated heterocycles. The van der Waals surface area contributed by atoms with Crippen molar-refractivity contribution >= 4 is 40.9 Å². The molecular formula is C15H15N4O4S-. The smallest absolute Gasteiger partial charge is 0.240 e. The number of hydrogen-bond donors (Lipinski definition) is 2. The van der Waals surface area contributed by atoms with Gasteiger partial charge in [-0.2, -0.15) is 5.10 Å². The highest BCUT2D eigenvalue weighted by Gasteiger charge is 2.32. The first-order chi connectivity index (χ1) is 11.5. The average molecular weight is 347 g/mol. The summed E-state index contributed by atoms with van der Waals surface area (Å²) in [5, 5.41) is 22.7. The number of amides is 2. The summed E-state index contributed by atoms with van der Waals surface area (Å²) < 4.78 is 0. The predicted octanol–water partition coefficient (Wildman–Crippen LogP) is -0.746. The fourth-order valence-electron chi connectivity index (χ4n) is 1.82. The maximum Gasteiger partial charge on any atom is 0.240 e. The van der Waals surface area contributed by atoms with Crippen molar-refractivity contribution in [1.82, 2.24) is 10.6 Å². The van der Waals surface area contributed by atoms with E-state index in [9.17, 15) is 19.5 Å². The van der Waals surface area contributed by atoms with Crippen molar-refractivity contribution in [2.75, 3.05) is 6.54 Å². The Kier molecular flexibility index (Phi) is 6.50. The third-order valence-electron chi connectivity index (χ3n) is 2.95. The molecule has 9 heteroatoms. The SMILES string of the molecule is O=C([O-])CCNC(=O)C[C@H]1S/C(=N/N=C\c2ccccc2)NC1=O. The first-order valence-corrected chi connectivity index (χ1v) is 8.02. The van der Waals surface area contributed by atoms with Crippen LogP contribution in [0, 0.1) is 0 Å². The Labute approximate surface area is 142 Å². The van der Waals surface area contributed by atoms with E-state index in [-0.39, 0.29) is 25.3 Å². The second-order valence-electron chi connectivity index (χ2n) is 4.83. The van der Waals surface area contributed by atoms with Crippen molar-refractivity contribution < 1.29 is 19.5 Å². The molecule has 0 aliphatic carbocycles. The average Bonchev–Trinajstić information content (AvgIpc) is 2.88. The van der Waals surface area contributed by atoms with Crippen LogP contribution in [0.4, 0.5) is 0 Å². The Bertz CT molecular complexity index is 675. The summed E-state index contributed by atoms with van der Waals surface area (Å²) >= 11 is 1.11. The van der Waals surface area contributed by atoms with Crippen LogP contribution in [0.15, 0.2) is 40.5 Å². The number of benzene rings is 1. The molecule has 0 bridgehead atoms. The van der Waals surface area contributed by atoms with Crippen molar-refractivity contribution in [3.63, 3.8) is 0 Å². The van der Waals surface area contributed by atoms with Crippen LogP contribution in [0.1, 0.15) is 18.4 Å². The molecule has 0 saturated carbocycles. The minimum absolute atomic E-state index is 0.0253. The standard InChI is InChI=1S/C15H16N4O4S/c20-12(16-7-6-13(21)22)8-11-14(23)18-15(24-11)19-17-9-10-4-2-1-3-5-10/h1-5,9,11H,6-8H2,(H,16,20)(H,21,22)(H,18,19,23)/p-1/b17-9-/t11-/m1/s1. The van der Waals surface area contributed by atoms with Crippen molar-refractivity contribution in [2.24, 2.45) is 10.2 Å². The van der Waals surface area contributed by atoms with Gasteiger partial charge in [-0.25, -0.2) is 0 Å². The number of carboxylic acid groups (broad SMARTS) is 1. The molecule has 1 atom stereocenters. The van der Waals surface area contributed by atoms with Crippen LogP contribution in [0.5, 0.6) is 0 Å². The van der Waals surface area contributed by atoms with Gasteiger partial charge in [0.15, 0.2) is 5.17 Å². The lowest BCUT2D eigenvalue weighted by Gasteiger charge is -2.07. The number of carboxylic acids is 1. The molecule has 1 aliphatic rings.